The molecule has 0 spiro atoms. The van der Waals surface area contributed by atoms with Crippen LogP contribution in [0, 0.1) is 6.92 Å². The van der Waals surface area contributed by atoms with Gasteiger partial charge >= 0.3 is 0 Å². The van der Waals surface area contributed by atoms with Crippen molar-refractivity contribution in [1.29, 1.82) is 0 Å². The summed E-state index contributed by atoms with van der Waals surface area (Å²) in [6.45, 7) is 4.74. The highest BCUT2D eigenvalue weighted by molar-refractivity contribution is 5.21. The molecule has 2 rings (SSSR count). The van der Waals surface area contributed by atoms with E-state index in [2.05, 4.69) is 16.9 Å². The Balaban J connectivity index is 2.14. The monoisotopic (exact) mass is 238 g/mol. The molecule has 0 aromatic carbocycles. The highest BCUT2D eigenvalue weighted by Crippen LogP contribution is 2.26. The van der Waals surface area contributed by atoms with Crippen LogP contribution in [0.15, 0.2) is 6.20 Å². The lowest BCUT2D eigenvalue weighted by atomic mass is 10.1. The summed E-state index contributed by atoms with van der Waals surface area (Å²) in [6.07, 6.45) is 3.38. The van der Waals surface area contributed by atoms with Crippen molar-refractivity contribution in [2.75, 3.05) is 26.7 Å². The number of likely N-dealkylation sites (tertiary alicyclic amines) is 1. The minimum absolute atomic E-state index is 0.267. The molecule has 2 heterocycles. The minimum Gasteiger partial charge on any atom is -0.380 e. The molecule has 0 radical (unpaired) electrons. The molecule has 5 nitrogen and oxygen atoms in total. The van der Waals surface area contributed by atoms with Gasteiger partial charge in [-0.15, -0.1) is 0 Å². The van der Waals surface area contributed by atoms with Crippen LogP contribution in [0.2, 0.25) is 0 Å². The third-order valence-electron chi connectivity index (χ3n) is 3.81. The van der Waals surface area contributed by atoms with E-state index in [0.29, 0.717) is 12.6 Å². The number of hydrogen-bond donors (Lipinski definition) is 1. The zero-order valence-electron chi connectivity index (χ0n) is 10.9. The lowest BCUT2D eigenvalue weighted by molar-refractivity contribution is 0.101. The van der Waals surface area contributed by atoms with E-state index < -0.39 is 0 Å². The Hall–Kier alpha value is -0.910. The molecule has 17 heavy (non-hydrogen) atoms. The summed E-state index contributed by atoms with van der Waals surface area (Å²) in [6, 6.07) is 0.267. The van der Waals surface area contributed by atoms with Crippen LogP contribution in [0.3, 0.4) is 0 Å². The van der Waals surface area contributed by atoms with Gasteiger partial charge in [0.2, 0.25) is 0 Å². The third-order valence-corrected chi connectivity index (χ3v) is 3.81. The van der Waals surface area contributed by atoms with Crippen molar-refractivity contribution in [1.82, 2.24) is 14.7 Å². The van der Waals surface area contributed by atoms with Gasteiger partial charge in [0, 0.05) is 45.0 Å². The number of nitrogens with zero attached hydrogens (tertiary/aromatic N) is 3. The predicted octanol–water partition coefficient (Wildman–Crippen LogP) is 0.449. The van der Waals surface area contributed by atoms with E-state index in [0.717, 1.165) is 19.5 Å². The van der Waals surface area contributed by atoms with Crippen LogP contribution in [-0.4, -0.2) is 47.5 Å². The van der Waals surface area contributed by atoms with E-state index in [1.54, 1.807) is 7.11 Å². The van der Waals surface area contributed by atoms with Gasteiger partial charge in [-0.2, -0.15) is 5.10 Å². The molecule has 0 bridgehead atoms. The average Bonchev–Trinajstić information content (AvgIpc) is 2.92. The standard InChI is InChI=1S/C12H22N4O/c1-9-11(7-14-15(9)2)12(6-13)16-5-4-10(8-16)17-3/h7,10,12H,4-6,8,13H2,1-3H3. The largest absolute Gasteiger partial charge is 0.380 e. The summed E-state index contributed by atoms with van der Waals surface area (Å²) in [5, 5.41) is 4.30. The topological polar surface area (TPSA) is 56.3 Å². The highest BCUT2D eigenvalue weighted by atomic mass is 16.5. The smallest absolute Gasteiger partial charge is 0.0710 e. The molecule has 1 aliphatic rings. The first-order chi connectivity index (χ1) is 8.17. The molecule has 0 amide bonds. The van der Waals surface area contributed by atoms with Gasteiger partial charge in [0.05, 0.1) is 18.3 Å². The highest BCUT2D eigenvalue weighted by Gasteiger charge is 2.29. The van der Waals surface area contributed by atoms with Gasteiger partial charge < -0.3 is 10.5 Å². The Morgan fingerprint density at radius 2 is 2.41 bits per heavy atom. The van der Waals surface area contributed by atoms with Crippen molar-refractivity contribution in [2.24, 2.45) is 12.8 Å². The maximum Gasteiger partial charge on any atom is 0.0710 e. The molecule has 1 aliphatic heterocycles. The van der Waals surface area contributed by atoms with E-state index >= 15 is 0 Å². The van der Waals surface area contributed by atoms with Crippen molar-refractivity contribution < 1.29 is 4.74 Å². The van der Waals surface area contributed by atoms with E-state index in [1.807, 2.05) is 17.9 Å². The fourth-order valence-corrected chi connectivity index (χ4v) is 2.54. The van der Waals surface area contributed by atoms with Crippen molar-refractivity contribution in [3.05, 3.63) is 17.5 Å². The van der Waals surface area contributed by atoms with E-state index in [9.17, 15) is 0 Å². The molecule has 0 saturated carbocycles. The van der Waals surface area contributed by atoms with E-state index in [1.165, 1.54) is 11.3 Å². The first-order valence-corrected chi connectivity index (χ1v) is 6.12. The summed E-state index contributed by atoms with van der Waals surface area (Å²) in [5.74, 6) is 0. The normalized spacial score (nSPS) is 23.2. The Morgan fingerprint density at radius 3 is 2.88 bits per heavy atom. The van der Waals surface area contributed by atoms with E-state index in [4.69, 9.17) is 10.5 Å². The zero-order chi connectivity index (χ0) is 12.4. The van der Waals surface area contributed by atoms with Gasteiger partial charge in [0.25, 0.3) is 0 Å². The van der Waals surface area contributed by atoms with Crippen LogP contribution in [0.1, 0.15) is 23.7 Å². The van der Waals surface area contributed by atoms with Crippen LogP contribution in [0.5, 0.6) is 0 Å². The lowest BCUT2D eigenvalue weighted by Gasteiger charge is -2.26. The summed E-state index contributed by atoms with van der Waals surface area (Å²) in [7, 11) is 3.75. The first-order valence-electron chi connectivity index (χ1n) is 6.12. The second-order valence-electron chi connectivity index (χ2n) is 4.70. The number of aromatic nitrogens is 2. The van der Waals surface area contributed by atoms with Crippen LogP contribution in [0.25, 0.3) is 0 Å². The number of nitrogens with two attached hydrogens (primary N) is 1. The van der Waals surface area contributed by atoms with Gasteiger partial charge in [-0.05, 0) is 13.3 Å². The number of ether oxygens (including phenoxy) is 1. The molecule has 2 unspecified atom stereocenters. The summed E-state index contributed by atoms with van der Waals surface area (Å²) in [5.41, 5.74) is 8.37. The molecular weight excluding hydrogens is 216 g/mol. The second kappa shape index (κ2) is 5.16. The molecule has 96 valence electrons. The lowest BCUT2D eigenvalue weighted by Crippen LogP contribution is -2.33. The van der Waals surface area contributed by atoms with Gasteiger partial charge in [-0.25, -0.2) is 0 Å². The Bertz CT molecular complexity index is 377. The summed E-state index contributed by atoms with van der Waals surface area (Å²) in [4.78, 5) is 2.40. The van der Waals surface area contributed by atoms with Gasteiger partial charge in [0.1, 0.15) is 0 Å². The fraction of sp³-hybridized carbons (Fsp3) is 0.750. The van der Waals surface area contributed by atoms with Crippen LogP contribution in [-0.2, 0) is 11.8 Å². The molecule has 1 aromatic rings. The van der Waals surface area contributed by atoms with Crippen molar-refractivity contribution in [3.8, 4) is 0 Å². The SMILES string of the molecule is COC1CCN(C(CN)c2cnn(C)c2C)C1. The third kappa shape index (κ3) is 2.36. The first kappa shape index (κ1) is 12.5. The maximum atomic E-state index is 5.93. The van der Waals surface area contributed by atoms with Crippen LogP contribution in [0.4, 0.5) is 0 Å². The number of hydrogen-bond acceptors (Lipinski definition) is 4. The molecule has 1 fully saturated rings. The van der Waals surface area contributed by atoms with Crippen LogP contribution >= 0.6 is 0 Å². The Morgan fingerprint density at radius 1 is 1.65 bits per heavy atom. The molecule has 5 heteroatoms. The second-order valence-corrected chi connectivity index (χ2v) is 4.70. The molecular formula is C12H22N4O. The molecule has 1 saturated heterocycles. The zero-order valence-corrected chi connectivity index (χ0v) is 10.9. The minimum atomic E-state index is 0.267. The molecule has 2 N–H and O–H groups in total. The maximum absolute atomic E-state index is 5.93. The molecule has 2 atom stereocenters. The fourth-order valence-electron chi connectivity index (χ4n) is 2.54. The quantitative estimate of drug-likeness (QED) is 0.827. The number of aryl methyl sites for hydroxylation is 1. The van der Waals surface area contributed by atoms with Gasteiger partial charge in [0.15, 0.2) is 0 Å². The van der Waals surface area contributed by atoms with Crippen LogP contribution < -0.4 is 5.73 Å². The average molecular weight is 238 g/mol. The molecule has 0 aliphatic carbocycles. The Labute approximate surface area is 103 Å². The summed E-state index contributed by atoms with van der Waals surface area (Å²) >= 11 is 0. The van der Waals surface area contributed by atoms with Gasteiger partial charge in [-0.3, -0.25) is 9.58 Å². The van der Waals surface area contributed by atoms with E-state index in [-0.39, 0.29) is 6.04 Å². The predicted molar refractivity (Wildman–Crippen MR) is 66.7 cm³/mol. The Kier molecular flexibility index (Phi) is 3.81. The van der Waals surface area contributed by atoms with Crippen molar-refractivity contribution in [2.45, 2.75) is 25.5 Å². The number of rotatable bonds is 4. The van der Waals surface area contributed by atoms with Crippen molar-refractivity contribution >= 4 is 0 Å². The van der Waals surface area contributed by atoms with Gasteiger partial charge in [-0.1, -0.05) is 0 Å². The summed E-state index contributed by atoms with van der Waals surface area (Å²) < 4.78 is 7.31. The van der Waals surface area contributed by atoms with Crippen molar-refractivity contribution in [3.63, 3.8) is 0 Å². The molecule has 1 aromatic heterocycles. The number of methoxy groups -OCH3 is 1.